The molecule has 20 heavy (non-hydrogen) atoms. The fourth-order valence-corrected chi connectivity index (χ4v) is 2.27. The average molecular weight is 332 g/mol. The summed E-state index contributed by atoms with van der Waals surface area (Å²) < 4.78 is 0.978. The van der Waals surface area contributed by atoms with Crippen LogP contribution in [-0.4, -0.2) is 11.9 Å². The van der Waals surface area contributed by atoms with E-state index in [2.05, 4.69) is 33.4 Å². The van der Waals surface area contributed by atoms with E-state index in [1.807, 2.05) is 49.4 Å². The molecular weight excluding hydrogens is 314 g/mol. The minimum absolute atomic E-state index is 0.0157. The van der Waals surface area contributed by atoms with Crippen molar-refractivity contribution in [3.63, 3.8) is 0 Å². The molecule has 0 radical (unpaired) electrons. The Morgan fingerprint density at radius 2 is 1.75 bits per heavy atom. The van der Waals surface area contributed by atoms with Crippen LogP contribution in [0.15, 0.2) is 59.1 Å². The first-order valence-corrected chi connectivity index (χ1v) is 7.55. The van der Waals surface area contributed by atoms with Crippen molar-refractivity contribution in [1.82, 2.24) is 5.32 Å². The molecule has 0 aliphatic carbocycles. The number of hydrogen-bond acceptors (Lipinski definition) is 1. The van der Waals surface area contributed by atoms with Crippen LogP contribution in [0.25, 0.3) is 0 Å². The number of rotatable bonds is 5. The molecule has 2 aromatic rings. The van der Waals surface area contributed by atoms with Gasteiger partial charge in [0.2, 0.25) is 0 Å². The summed E-state index contributed by atoms with van der Waals surface area (Å²) in [7, 11) is 0. The fourth-order valence-electron chi connectivity index (χ4n) is 2.01. The Balaban J connectivity index is 1.83. The van der Waals surface area contributed by atoms with Crippen LogP contribution < -0.4 is 5.32 Å². The zero-order valence-corrected chi connectivity index (χ0v) is 13.1. The zero-order valence-electron chi connectivity index (χ0n) is 11.5. The maximum absolute atomic E-state index is 12.1. The average Bonchev–Trinajstić information content (AvgIpc) is 2.47. The molecule has 104 valence electrons. The number of hydrogen-bond donors (Lipinski definition) is 1. The second kappa shape index (κ2) is 7.25. The Hall–Kier alpha value is -1.61. The van der Waals surface area contributed by atoms with Crippen LogP contribution in [0.4, 0.5) is 0 Å². The summed E-state index contributed by atoms with van der Waals surface area (Å²) in [6.07, 6.45) is 1.91. The molecule has 1 atom stereocenters. The third-order valence-corrected chi connectivity index (χ3v) is 3.72. The van der Waals surface area contributed by atoms with Crippen LogP contribution in [0.3, 0.4) is 0 Å². The molecule has 2 nitrogen and oxygen atoms in total. The van der Waals surface area contributed by atoms with Gasteiger partial charge in [-0.2, -0.15) is 0 Å². The van der Waals surface area contributed by atoms with E-state index in [0.717, 1.165) is 17.3 Å². The smallest absolute Gasteiger partial charge is 0.251 e. The molecule has 0 aromatic heterocycles. The van der Waals surface area contributed by atoms with Crippen LogP contribution in [-0.2, 0) is 6.42 Å². The summed E-state index contributed by atoms with van der Waals surface area (Å²) in [5.74, 6) is -0.0157. The van der Waals surface area contributed by atoms with Gasteiger partial charge in [-0.1, -0.05) is 46.3 Å². The number of nitrogens with one attached hydrogen (secondary N) is 1. The molecule has 0 aliphatic rings. The Morgan fingerprint density at radius 3 is 2.40 bits per heavy atom. The summed E-state index contributed by atoms with van der Waals surface area (Å²) in [5.41, 5.74) is 2.00. The summed E-state index contributed by atoms with van der Waals surface area (Å²) in [4.78, 5) is 12.1. The predicted octanol–water partition coefficient (Wildman–Crippen LogP) is 4.20. The Kier molecular flexibility index (Phi) is 5.36. The predicted molar refractivity (Wildman–Crippen MR) is 85.8 cm³/mol. The number of halogens is 1. The molecule has 0 aliphatic heterocycles. The molecule has 0 heterocycles. The summed E-state index contributed by atoms with van der Waals surface area (Å²) >= 11 is 3.36. The molecule has 2 rings (SSSR count). The second-order valence-electron chi connectivity index (χ2n) is 4.91. The van der Waals surface area contributed by atoms with Crippen molar-refractivity contribution in [3.05, 3.63) is 70.2 Å². The standard InChI is InChI=1S/C17H18BrNO/c1-13(7-8-14-5-3-2-4-6-14)19-17(20)15-9-11-16(18)12-10-15/h2-6,9-13H,7-8H2,1H3,(H,19,20)/t13-/m1/s1. The second-order valence-corrected chi connectivity index (χ2v) is 5.82. The largest absolute Gasteiger partial charge is 0.350 e. The normalized spacial score (nSPS) is 11.9. The van der Waals surface area contributed by atoms with Gasteiger partial charge in [0.1, 0.15) is 0 Å². The zero-order chi connectivity index (χ0) is 14.4. The summed E-state index contributed by atoms with van der Waals surface area (Å²) in [5, 5.41) is 3.03. The van der Waals surface area contributed by atoms with Crippen LogP contribution in [0, 0.1) is 0 Å². The lowest BCUT2D eigenvalue weighted by Gasteiger charge is -2.14. The van der Waals surface area contributed by atoms with E-state index < -0.39 is 0 Å². The van der Waals surface area contributed by atoms with Crippen molar-refractivity contribution in [2.75, 3.05) is 0 Å². The van der Waals surface area contributed by atoms with Crippen LogP contribution in [0.2, 0.25) is 0 Å². The fraction of sp³-hybridized carbons (Fsp3) is 0.235. The molecule has 2 aromatic carbocycles. The summed E-state index contributed by atoms with van der Waals surface area (Å²) in [6.45, 7) is 2.04. The summed E-state index contributed by atoms with van der Waals surface area (Å²) in [6, 6.07) is 17.9. The van der Waals surface area contributed by atoms with Gasteiger partial charge in [0.15, 0.2) is 0 Å². The van der Waals surface area contributed by atoms with E-state index in [1.165, 1.54) is 5.56 Å². The molecule has 0 saturated heterocycles. The molecule has 0 saturated carbocycles. The highest BCUT2D eigenvalue weighted by molar-refractivity contribution is 9.10. The first-order valence-electron chi connectivity index (χ1n) is 6.75. The molecule has 3 heteroatoms. The van der Waals surface area contributed by atoms with Gasteiger partial charge in [0.25, 0.3) is 5.91 Å². The van der Waals surface area contributed by atoms with Gasteiger partial charge in [-0.15, -0.1) is 0 Å². The molecule has 1 amide bonds. The molecule has 0 unspecified atom stereocenters. The highest BCUT2D eigenvalue weighted by Crippen LogP contribution is 2.11. The number of benzene rings is 2. The highest BCUT2D eigenvalue weighted by Gasteiger charge is 2.09. The third-order valence-electron chi connectivity index (χ3n) is 3.19. The lowest BCUT2D eigenvalue weighted by molar-refractivity contribution is 0.0938. The first-order chi connectivity index (χ1) is 9.65. The van der Waals surface area contributed by atoms with Gasteiger partial charge in [0, 0.05) is 16.1 Å². The van der Waals surface area contributed by atoms with Gasteiger partial charge < -0.3 is 5.32 Å². The number of carbonyl (C=O) groups excluding carboxylic acids is 1. The van der Waals surface area contributed by atoms with Crippen LogP contribution in [0.5, 0.6) is 0 Å². The number of amides is 1. The van der Waals surface area contributed by atoms with E-state index in [9.17, 15) is 4.79 Å². The molecule has 0 fully saturated rings. The van der Waals surface area contributed by atoms with E-state index in [0.29, 0.717) is 5.56 Å². The molecular formula is C17H18BrNO. The number of carbonyl (C=O) groups is 1. The monoisotopic (exact) mass is 331 g/mol. The van der Waals surface area contributed by atoms with Gasteiger partial charge in [-0.25, -0.2) is 0 Å². The van der Waals surface area contributed by atoms with Crippen molar-refractivity contribution in [3.8, 4) is 0 Å². The highest BCUT2D eigenvalue weighted by atomic mass is 79.9. The Morgan fingerprint density at radius 1 is 1.10 bits per heavy atom. The van der Waals surface area contributed by atoms with Gasteiger partial charge in [0.05, 0.1) is 0 Å². The van der Waals surface area contributed by atoms with Crippen molar-refractivity contribution in [2.24, 2.45) is 0 Å². The quantitative estimate of drug-likeness (QED) is 0.873. The molecule has 0 bridgehead atoms. The van der Waals surface area contributed by atoms with E-state index >= 15 is 0 Å². The number of aryl methyl sites for hydroxylation is 1. The van der Waals surface area contributed by atoms with Crippen molar-refractivity contribution in [2.45, 2.75) is 25.8 Å². The van der Waals surface area contributed by atoms with Crippen LogP contribution >= 0.6 is 15.9 Å². The van der Waals surface area contributed by atoms with Crippen LogP contribution in [0.1, 0.15) is 29.3 Å². The van der Waals surface area contributed by atoms with Crippen molar-refractivity contribution < 1.29 is 4.79 Å². The van der Waals surface area contributed by atoms with Gasteiger partial charge in [-0.3, -0.25) is 4.79 Å². The molecule has 1 N–H and O–H groups in total. The SMILES string of the molecule is C[C@H](CCc1ccccc1)NC(=O)c1ccc(Br)cc1. The van der Waals surface area contributed by atoms with Crippen molar-refractivity contribution in [1.29, 1.82) is 0 Å². The lowest BCUT2D eigenvalue weighted by Crippen LogP contribution is -2.32. The Bertz CT molecular complexity index is 551. The van der Waals surface area contributed by atoms with Gasteiger partial charge >= 0.3 is 0 Å². The minimum Gasteiger partial charge on any atom is -0.350 e. The maximum atomic E-state index is 12.1. The molecule has 0 spiro atoms. The van der Waals surface area contributed by atoms with Gasteiger partial charge in [-0.05, 0) is 49.6 Å². The maximum Gasteiger partial charge on any atom is 0.251 e. The lowest BCUT2D eigenvalue weighted by atomic mass is 10.1. The third kappa shape index (κ3) is 4.49. The topological polar surface area (TPSA) is 29.1 Å². The van der Waals surface area contributed by atoms with E-state index in [4.69, 9.17) is 0 Å². The first kappa shape index (κ1) is 14.8. The van der Waals surface area contributed by atoms with E-state index in [-0.39, 0.29) is 11.9 Å². The van der Waals surface area contributed by atoms with E-state index in [1.54, 1.807) is 0 Å². The Labute approximate surface area is 128 Å². The van der Waals surface area contributed by atoms with Crippen molar-refractivity contribution >= 4 is 21.8 Å². The minimum atomic E-state index is -0.0157.